The highest BCUT2D eigenvalue weighted by molar-refractivity contribution is 6.35. The third-order valence-corrected chi connectivity index (χ3v) is 8.35. The van der Waals surface area contributed by atoms with Crippen LogP contribution < -0.4 is 25.1 Å². The minimum absolute atomic E-state index is 0.0444. The lowest BCUT2D eigenvalue weighted by Gasteiger charge is -2.30. The molecule has 0 spiro atoms. The van der Waals surface area contributed by atoms with Crippen molar-refractivity contribution in [1.29, 1.82) is 0 Å². The molecule has 48 heavy (non-hydrogen) atoms. The van der Waals surface area contributed by atoms with Gasteiger partial charge in [-0.15, -0.1) is 0 Å². The number of nitrogens with zero attached hydrogens (tertiary/aromatic N) is 1. The zero-order valence-corrected chi connectivity index (χ0v) is 28.1. The van der Waals surface area contributed by atoms with Crippen LogP contribution in [-0.2, 0) is 16.1 Å². The van der Waals surface area contributed by atoms with Crippen LogP contribution in [0, 0.1) is 0 Å². The Morgan fingerprint density at radius 3 is 2.46 bits per heavy atom. The molecule has 0 unspecified atom stereocenters. The lowest BCUT2D eigenvalue weighted by atomic mass is 9.84. The summed E-state index contributed by atoms with van der Waals surface area (Å²) >= 11 is 13.0. The van der Waals surface area contributed by atoms with E-state index in [-0.39, 0.29) is 25.5 Å². The van der Waals surface area contributed by atoms with E-state index in [1.807, 2.05) is 66.7 Å². The molecule has 0 aliphatic carbocycles. The van der Waals surface area contributed by atoms with Crippen LogP contribution >= 0.6 is 23.2 Å². The van der Waals surface area contributed by atoms with E-state index in [2.05, 4.69) is 10.9 Å². The molecule has 1 heterocycles. The number of rotatable bonds is 15. The molecule has 0 fully saturated rings. The number of methoxy groups -OCH3 is 2. The summed E-state index contributed by atoms with van der Waals surface area (Å²) in [6, 6.07) is 27.5. The van der Waals surface area contributed by atoms with Crippen molar-refractivity contribution in [3.63, 3.8) is 0 Å². The Labute approximate surface area is 290 Å². The molecule has 5 rings (SSSR count). The molecule has 1 aliphatic heterocycles. The Morgan fingerprint density at radius 1 is 0.979 bits per heavy atom. The number of aliphatic imine (C=N–C) groups is 1. The van der Waals surface area contributed by atoms with Crippen LogP contribution in [0.25, 0.3) is 6.08 Å². The Kier molecular flexibility index (Phi) is 12.0. The molecule has 4 aromatic carbocycles. The second-order valence-corrected chi connectivity index (χ2v) is 11.8. The molecule has 0 radical (unpaired) electrons. The number of amides is 1. The smallest absolute Gasteiger partial charge is 0.266 e. The number of aliphatic hydroxyl groups is 1. The standard InChI is InChI=1S/C37H37Cl2N3O6/c1-45-30-17-13-27(33(23-30)46-2)24-40-42-36(44)37(19-6-10-25-8-4-3-5-9-25)34(31-18-14-28(38)22-32(31)39)48-35(41-37)26-11-15-29(16-12-26)47-21-7-20-43/h3-6,8-18,22-23,34,40,43H,7,19-21,24H2,1-2H3,(H,42,44)/b10-6+/t34-,37-/m0/s1. The minimum atomic E-state index is -1.48. The van der Waals surface area contributed by atoms with Crippen LogP contribution in [0.2, 0.25) is 10.0 Å². The van der Waals surface area contributed by atoms with Gasteiger partial charge in [-0.25, -0.2) is 10.4 Å². The van der Waals surface area contributed by atoms with Crippen molar-refractivity contribution in [3.8, 4) is 17.2 Å². The second kappa shape index (κ2) is 16.5. The average Bonchev–Trinajstić information content (AvgIpc) is 3.49. The third-order valence-electron chi connectivity index (χ3n) is 7.79. The highest BCUT2D eigenvalue weighted by Crippen LogP contribution is 2.45. The van der Waals surface area contributed by atoms with Crippen LogP contribution in [0.3, 0.4) is 0 Å². The number of ether oxygens (including phenoxy) is 4. The number of hydrogen-bond acceptors (Lipinski definition) is 8. The predicted octanol–water partition coefficient (Wildman–Crippen LogP) is 6.95. The Morgan fingerprint density at radius 2 is 1.75 bits per heavy atom. The average molecular weight is 691 g/mol. The fraction of sp³-hybridized carbons (Fsp3) is 0.243. The van der Waals surface area contributed by atoms with Gasteiger partial charge in [0.05, 0.1) is 20.8 Å². The normalized spacial score (nSPS) is 17.1. The summed E-state index contributed by atoms with van der Waals surface area (Å²) in [5, 5.41) is 9.88. The molecule has 3 N–H and O–H groups in total. The van der Waals surface area contributed by atoms with E-state index in [0.717, 1.165) is 11.1 Å². The number of hydrazine groups is 1. The second-order valence-electron chi connectivity index (χ2n) is 11.0. The fourth-order valence-corrected chi connectivity index (χ4v) is 5.78. The molecule has 11 heteroatoms. The molecular formula is C37H37Cl2N3O6. The monoisotopic (exact) mass is 689 g/mol. The van der Waals surface area contributed by atoms with Gasteiger partial charge in [-0.2, -0.15) is 0 Å². The SMILES string of the molecule is COc1ccc(CNNC(=O)[C@@]2(C/C=C/c3ccccc3)N=C(c3ccc(OCCCO)cc3)O[C@H]2c2ccc(Cl)cc2Cl)c(OC)c1. The molecule has 0 saturated heterocycles. The molecule has 4 aromatic rings. The van der Waals surface area contributed by atoms with Gasteiger partial charge in [-0.1, -0.05) is 77.8 Å². The van der Waals surface area contributed by atoms with Crippen LogP contribution in [0.15, 0.2) is 102 Å². The van der Waals surface area contributed by atoms with Crippen molar-refractivity contribution < 1.29 is 28.8 Å². The third kappa shape index (κ3) is 8.29. The van der Waals surface area contributed by atoms with E-state index in [0.29, 0.717) is 51.4 Å². The molecule has 1 amide bonds. The summed E-state index contributed by atoms with van der Waals surface area (Å²) in [7, 11) is 3.16. The molecule has 2 atom stereocenters. The first-order valence-electron chi connectivity index (χ1n) is 15.4. The Hall–Kier alpha value is -4.54. The number of nitrogens with one attached hydrogen (secondary N) is 2. The summed E-state index contributed by atoms with van der Waals surface area (Å²) in [5.74, 6) is 1.74. The number of aliphatic hydroxyl groups excluding tert-OH is 1. The largest absolute Gasteiger partial charge is 0.497 e. The quantitative estimate of drug-likeness (QED) is 0.0915. The summed E-state index contributed by atoms with van der Waals surface area (Å²) in [6.07, 6.45) is 3.64. The summed E-state index contributed by atoms with van der Waals surface area (Å²) in [4.78, 5) is 19.5. The predicted molar refractivity (Wildman–Crippen MR) is 188 cm³/mol. The first-order valence-corrected chi connectivity index (χ1v) is 16.1. The number of benzene rings is 4. The van der Waals surface area contributed by atoms with Crippen molar-refractivity contribution in [2.45, 2.75) is 31.0 Å². The lowest BCUT2D eigenvalue weighted by molar-refractivity contribution is -0.129. The van der Waals surface area contributed by atoms with E-state index < -0.39 is 17.6 Å². The zero-order valence-electron chi connectivity index (χ0n) is 26.6. The van der Waals surface area contributed by atoms with E-state index in [1.54, 1.807) is 50.6 Å². The van der Waals surface area contributed by atoms with Gasteiger partial charge < -0.3 is 24.1 Å². The van der Waals surface area contributed by atoms with Gasteiger partial charge in [0, 0.05) is 58.8 Å². The van der Waals surface area contributed by atoms with Gasteiger partial charge in [0.2, 0.25) is 5.90 Å². The van der Waals surface area contributed by atoms with Gasteiger partial charge in [-0.05, 0) is 48.0 Å². The molecule has 9 nitrogen and oxygen atoms in total. The van der Waals surface area contributed by atoms with Crippen LogP contribution in [-0.4, -0.2) is 49.9 Å². The fourth-order valence-electron chi connectivity index (χ4n) is 5.27. The zero-order chi connectivity index (χ0) is 33.9. The van der Waals surface area contributed by atoms with Gasteiger partial charge in [0.15, 0.2) is 11.6 Å². The van der Waals surface area contributed by atoms with E-state index in [9.17, 15) is 4.79 Å². The maximum Gasteiger partial charge on any atom is 0.266 e. The van der Waals surface area contributed by atoms with Crippen molar-refractivity contribution in [2.24, 2.45) is 4.99 Å². The van der Waals surface area contributed by atoms with E-state index >= 15 is 0 Å². The van der Waals surface area contributed by atoms with E-state index in [4.69, 9.17) is 52.2 Å². The molecule has 0 bridgehead atoms. The minimum Gasteiger partial charge on any atom is -0.497 e. The molecule has 1 aliphatic rings. The number of carbonyl (C=O) groups is 1. The molecule has 0 aromatic heterocycles. The lowest BCUT2D eigenvalue weighted by Crippen LogP contribution is -2.52. The van der Waals surface area contributed by atoms with Crippen LogP contribution in [0.4, 0.5) is 0 Å². The van der Waals surface area contributed by atoms with Gasteiger partial charge >= 0.3 is 0 Å². The van der Waals surface area contributed by atoms with Crippen molar-refractivity contribution in [1.82, 2.24) is 10.9 Å². The first-order chi connectivity index (χ1) is 23.4. The van der Waals surface area contributed by atoms with Gasteiger partial charge in [0.25, 0.3) is 5.91 Å². The Balaban J connectivity index is 1.51. The summed E-state index contributed by atoms with van der Waals surface area (Å²) in [6.45, 7) is 0.690. The number of halogens is 2. The molecule has 0 saturated carbocycles. The first kappa shape index (κ1) is 34.8. The number of carbonyl (C=O) groups excluding carboxylic acids is 1. The van der Waals surface area contributed by atoms with Crippen LogP contribution in [0.5, 0.6) is 17.2 Å². The van der Waals surface area contributed by atoms with Crippen molar-refractivity contribution in [2.75, 3.05) is 27.4 Å². The van der Waals surface area contributed by atoms with Crippen molar-refractivity contribution >= 4 is 41.1 Å². The van der Waals surface area contributed by atoms with Gasteiger partial charge in [0.1, 0.15) is 17.2 Å². The molecule has 250 valence electrons. The van der Waals surface area contributed by atoms with Crippen molar-refractivity contribution in [3.05, 3.63) is 129 Å². The maximum absolute atomic E-state index is 14.4. The van der Waals surface area contributed by atoms with Gasteiger partial charge in [-0.3, -0.25) is 10.2 Å². The topological polar surface area (TPSA) is 111 Å². The highest BCUT2D eigenvalue weighted by atomic mass is 35.5. The maximum atomic E-state index is 14.4. The number of hydrogen-bond donors (Lipinski definition) is 3. The highest BCUT2D eigenvalue weighted by Gasteiger charge is 2.53. The van der Waals surface area contributed by atoms with Crippen LogP contribution in [0.1, 0.15) is 41.2 Å². The molecular weight excluding hydrogens is 653 g/mol. The summed E-state index contributed by atoms with van der Waals surface area (Å²) in [5.41, 5.74) is 7.43. The van der Waals surface area contributed by atoms with E-state index in [1.165, 1.54) is 0 Å². The summed E-state index contributed by atoms with van der Waals surface area (Å²) < 4.78 is 23.1. The Bertz CT molecular complexity index is 1750.